The fraction of sp³-hybridized carbons (Fsp3) is 0.333. The number of carbonyl (C=O) groups excluding carboxylic acids is 1. The molecule has 0 spiro atoms. The highest BCUT2D eigenvalue weighted by Crippen LogP contribution is 2.22. The molecule has 4 nitrogen and oxygen atoms in total. The van der Waals surface area contributed by atoms with Crippen molar-refractivity contribution in [1.29, 1.82) is 0 Å². The second-order valence-corrected chi connectivity index (χ2v) is 6.71. The minimum atomic E-state index is -0.0227. The summed E-state index contributed by atoms with van der Waals surface area (Å²) in [5.41, 5.74) is 1.81. The van der Waals surface area contributed by atoms with Gasteiger partial charge in [-0.1, -0.05) is 23.2 Å². The SMILES string of the molecule is O=C(c1ccc(Cl)cc1Cl)N1CCN(CCc2ccncc2)CC1. The maximum absolute atomic E-state index is 12.6. The lowest BCUT2D eigenvalue weighted by atomic mass is 10.1. The Balaban J connectivity index is 1.52. The van der Waals surface area contributed by atoms with Crippen LogP contribution in [0, 0.1) is 0 Å². The summed E-state index contributed by atoms with van der Waals surface area (Å²) in [5.74, 6) is -0.0227. The summed E-state index contributed by atoms with van der Waals surface area (Å²) in [6.07, 6.45) is 4.64. The Morgan fingerprint density at radius 1 is 1.04 bits per heavy atom. The number of piperazine rings is 1. The lowest BCUT2D eigenvalue weighted by molar-refractivity contribution is 0.0638. The number of aromatic nitrogens is 1. The van der Waals surface area contributed by atoms with Crippen LogP contribution < -0.4 is 0 Å². The van der Waals surface area contributed by atoms with Gasteiger partial charge in [-0.25, -0.2) is 0 Å². The molecule has 1 aromatic heterocycles. The molecule has 0 atom stereocenters. The van der Waals surface area contributed by atoms with E-state index in [4.69, 9.17) is 23.2 Å². The monoisotopic (exact) mass is 363 g/mol. The third-order valence-electron chi connectivity index (χ3n) is 4.29. The predicted octanol–water partition coefficient (Wildman–Crippen LogP) is 3.39. The quantitative estimate of drug-likeness (QED) is 0.835. The third-order valence-corrected chi connectivity index (χ3v) is 4.83. The van der Waals surface area contributed by atoms with Crippen LogP contribution in [0.1, 0.15) is 15.9 Å². The van der Waals surface area contributed by atoms with Gasteiger partial charge in [-0.2, -0.15) is 0 Å². The molecule has 6 heteroatoms. The molecular weight excluding hydrogens is 345 g/mol. The van der Waals surface area contributed by atoms with E-state index in [9.17, 15) is 4.79 Å². The van der Waals surface area contributed by atoms with Gasteiger partial charge in [0.25, 0.3) is 5.91 Å². The van der Waals surface area contributed by atoms with Gasteiger partial charge < -0.3 is 4.90 Å². The van der Waals surface area contributed by atoms with Crippen LogP contribution in [-0.4, -0.2) is 53.4 Å². The molecule has 0 aliphatic carbocycles. The van der Waals surface area contributed by atoms with Gasteiger partial charge in [-0.3, -0.25) is 14.7 Å². The molecule has 0 N–H and O–H groups in total. The lowest BCUT2D eigenvalue weighted by Crippen LogP contribution is -2.49. The van der Waals surface area contributed by atoms with E-state index in [0.29, 0.717) is 28.7 Å². The number of rotatable bonds is 4. The van der Waals surface area contributed by atoms with Crippen LogP contribution in [-0.2, 0) is 6.42 Å². The molecule has 1 aliphatic heterocycles. The Labute approximate surface area is 152 Å². The molecule has 2 heterocycles. The van der Waals surface area contributed by atoms with Crippen LogP contribution in [0.2, 0.25) is 10.0 Å². The van der Waals surface area contributed by atoms with Crippen molar-refractivity contribution in [3.8, 4) is 0 Å². The van der Waals surface area contributed by atoms with E-state index >= 15 is 0 Å². The molecule has 0 saturated carbocycles. The number of amides is 1. The highest BCUT2D eigenvalue weighted by molar-refractivity contribution is 6.36. The van der Waals surface area contributed by atoms with Crippen molar-refractivity contribution in [3.63, 3.8) is 0 Å². The Morgan fingerprint density at radius 3 is 2.42 bits per heavy atom. The van der Waals surface area contributed by atoms with Gasteiger partial charge in [0.15, 0.2) is 0 Å². The molecule has 1 aromatic carbocycles. The summed E-state index contributed by atoms with van der Waals surface area (Å²) in [6.45, 7) is 4.18. The van der Waals surface area contributed by atoms with Crippen molar-refractivity contribution in [2.75, 3.05) is 32.7 Å². The first kappa shape index (κ1) is 17.2. The predicted molar refractivity (Wildman–Crippen MR) is 96.7 cm³/mol. The first-order chi connectivity index (χ1) is 11.6. The summed E-state index contributed by atoms with van der Waals surface area (Å²) in [5, 5.41) is 0.949. The molecule has 3 rings (SSSR count). The molecule has 1 saturated heterocycles. The Kier molecular flexibility index (Phi) is 5.72. The van der Waals surface area contributed by atoms with Crippen LogP contribution in [0.15, 0.2) is 42.7 Å². The molecule has 0 bridgehead atoms. The number of halogens is 2. The molecule has 126 valence electrons. The van der Waals surface area contributed by atoms with Crippen molar-refractivity contribution in [1.82, 2.24) is 14.8 Å². The zero-order valence-electron chi connectivity index (χ0n) is 13.3. The summed E-state index contributed by atoms with van der Waals surface area (Å²) >= 11 is 12.0. The minimum Gasteiger partial charge on any atom is -0.336 e. The molecule has 0 unspecified atom stereocenters. The maximum atomic E-state index is 12.6. The zero-order chi connectivity index (χ0) is 16.9. The van der Waals surface area contributed by atoms with E-state index < -0.39 is 0 Å². The number of pyridine rings is 1. The first-order valence-electron chi connectivity index (χ1n) is 7.99. The topological polar surface area (TPSA) is 36.4 Å². The van der Waals surface area contributed by atoms with Gasteiger partial charge in [0.1, 0.15) is 0 Å². The van der Waals surface area contributed by atoms with Gasteiger partial charge in [-0.05, 0) is 42.3 Å². The van der Waals surface area contributed by atoms with E-state index in [2.05, 4.69) is 9.88 Å². The number of hydrogen-bond donors (Lipinski definition) is 0. The normalized spacial score (nSPS) is 15.5. The molecule has 0 radical (unpaired) electrons. The molecular formula is C18H19Cl2N3O. The van der Waals surface area contributed by atoms with Crippen molar-refractivity contribution in [2.45, 2.75) is 6.42 Å². The standard InChI is InChI=1S/C18H19Cl2N3O/c19-15-1-2-16(17(20)13-15)18(24)23-11-9-22(10-12-23)8-5-14-3-6-21-7-4-14/h1-4,6-7,13H,5,8-12H2. The van der Waals surface area contributed by atoms with E-state index in [1.165, 1.54) is 5.56 Å². The Hall–Kier alpha value is -1.62. The van der Waals surface area contributed by atoms with Crippen LogP contribution >= 0.6 is 23.2 Å². The van der Waals surface area contributed by atoms with Gasteiger partial charge in [-0.15, -0.1) is 0 Å². The fourth-order valence-corrected chi connectivity index (χ4v) is 3.33. The lowest BCUT2D eigenvalue weighted by Gasteiger charge is -2.35. The highest BCUT2D eigenvalue weighted by Gasteiger charge is 2.23. The highest BCUT2D eigenvalue weighted by atomic mass is 35.5. The van der Waals surface area contributed by atoms with Crippen LogP contribution in [0.5, 0.6) is 0 Å². The maximum Gasteiger partial charge on any atom is 0.255 e. The van der Waals surface area contributed by atoms with Crippen molar-refractivity contribution < 1.29 is 4.79 Å². The van der Waals surface area contributed by atoms with Crippen LogP contribution in [0.3, 0.4) is 0 Å². The molecule has 2 aromatic rings. The van der Waals surface area contributed by atoms with Crippen molar-refractivity contribution in [3.05, 3.63) is 63.9 Å². The summed E-state index contributed by atoms with van der Waals surface area (Å²) < 4.78 is 0. The number of carbonyl (C=O) groups is 1. The Morgan fingerprint density at radius 2 is 1.75 bits per heavy atom. The summed E-state index contributed by atoms with van der Waals surface area (Å²) in [7, 11) is 0. The van der Waals surface area contributed by atoms with E-state index in [1.807, 2.05) is 29.4 Å². The van der Waals surface area contributed by atoms with Gasteiger partial charge >= 0.3 is 0 Å². The van der Waals surface area contributed by atoms with Crippen LogP contribution in [0.4, 0.5) is 0 Å². The number of hydrogen-bond acceptors (Lipinski definition) is 3. The van der Waals surface area contributed by atoms with Crippen molar-refractivity contribution in [2.24, 2.45) is 0 Å². The number of benzene rings is 1. The van der Waals surface area contributed by atoms with E-state index in [-0.39, 0.29) is 5.91 Å². The van der Waals surface area contributed by atoms with Gasteiger partial charge in [0.05, 0.1) is 10.6 Å². The van der Waals surface area contributed by atoms with Gasteiger partial charge in [0.2, 0.25) is 0 Å². The first-order valence-corrected chi connectivity index (χ1v) is 8.74. The smallest absolute Gasteiger partial charge is 0.255 e. The zero-order valence-corrected chi connectivity index (χ0v) is 14.8. The van der Waals surface area contributed by atoms with Crippen LogP contribution in [0.25, 0.3) is 0 Å². The fourth-order valence-electron chi connectivity index (χ4n) is 2.84. The second kappa shape index (κ2) is 7.97. The molecule has 1 amide bonds. The summed E-state index contributed by atoms with van der Waals surface area (Å²) in [6, 6.07) is 9.10. The molecule has 24 heavy (non-hydrogen) atoms. The second-order valence-electron chi connectivity index (χ2n) is 5.86. The largest absolute Gasteiger partial charge is 0.336 e. The van der Waals surface area contributed by atoms with E-state index in [1.54, 1.807) is 18.2 Å². The molecule has 1 aliphatic rings. The number of nitrogens with zero attached hydrogens (tertiary/aromatic N) is 3. The average molecular weight is 364 g/mol. The Bertz CT molecular complexity index is 701. The third kappa shape index (κ3) is 4.26. The minimum absolute atomic E-state index is 0.0227. The van der Waals surface area contributed by atoms with Gasteiger partial charge in [0, 0.05) is 50.1 Å². The summed E-state index contributed by atoms with van der Waals surface area (Å²) in [4.78, 5) is 20.9. The van der Waals surface area contributed by atoms with E-state index in [0.717, 1.165) is 26.1 Å². The van der Waals surface area contributed by atoms with Crippen molar-refractivity contribution >= 4 is 29.1 Å². The average Bonchev–Trinajstić information content (AvgIpc) is 2.61. The molecule has 1 fully saturated rings.